The second-order valence-corrected chi connectivity index (χ2v) is 4.95. The average molecular weight is 329 g/mol. The SMILES string of the molecule is COc1ccc(-c2ocnc2-c2ccc(OC)c(F)c2)c(OC)c1. The van der Waals surface area contributed by atoms with Crippen molar-refractivity contribution in [3.63, 3.8) is 0 Å². The normalized spacial score (nSPS) is 10.5. The van der Waals surface area contributed by atoms with E-state index in [4.69, 9.17) is 18.6 Å². The summed E-state index contributed by atoms with van der Waals surface area (Å²) in [6, 6.07) is 9.97. The van der Waals surface area contributed by atoms with E-state index >= 15 is 0 Å². The van der Waals surface area contributed by atoms with Crippen molar-refractivity contribution in [1.82, 2.24) is 4.98 Å². The highest BCUT2D eigenvalue weighted by molar-refractivity contribution is 5.80. The van der Waals surface area contributed by atoms with E-state index in [0.717, 1.165) is 0 Å². The predicted molar refractivity (Wildman–Crippen MR) is 87.0 cm³/mol. The van der Waals surface area contributed by atoms with Crippen LogP contribution in [0.25, 0.3) is 22.6 Å². The van der Waals surface area contributed by atoms with Crippen molar-refractivity contribution in [3.8, 4) is 39.8 Å². The zero-order valence-corrected chi connectivity index (χ0v) is 13.5. The molecule has 0 saturated carbocycles. The van der Waals surface area contributed by atoms with Crippen LogP contribution in [0.15, 0.2) is 47.2 Å². The highest BCUT2D eigenvalue weighted by atomic mass is 19.1. The second-order valence-electron chi connectivity index (χ2n) is 4.95. The van der Waals surface area contributed by atoms with E-state index in [-0.39, 0.29) is 5.75 Å². The van der Waals surface area contributed by atoms with Gasteiger partial charge in [-0.25, -0.2) is 9.37 Å². The third-order valence-electron chi connectivity index (χ3n) is 3.65. The molecule has 0 bridgehead atoms. The van der Waals surface area contributed by atoms with Crippen LogP contribution in [0, 0.1) is 5.82 Å². The second kappa shape index (κ2) is 6.62. The summed E-state index contributed by atoms with van der Waals surface area (Å²) >= 11 is 0. The van der Waals surface area contributed by atoms with Crippen molar-refractivity contribution in [2.75, 3.05) is 21.3 Å². The van der Waals surface area contributed by atoms with Gasteiger partial charge < -0.3 is 18.6 Å². The first kappa shape index (κ1) is 15.9. The van der Waals surface area contributed by atoms with Gasteiger partial charge >= 0.3 is 0 Å². The number of ether oxygens (including phenoxy) is 3. The van der Waals surface area contributed by atoms with Gasteiger partial charge in [-0.1, -0.05) is 0 Å². The minimum atomic E-state index is -0.467. The molecule has 2 aromatic carbocycles. The number of benzene rings is 2. The average Bonchev–Trinajstić information content (AvgIpc) is 3.10. The molecule has 3 rings (SSSR count). The van der Waals surface area contributed by atoms with Crippen LogP contribution in [-0.2, 0) is 0 Å². The van der Waals surface area contributed by atoms with Gasteiger partial charge in [-0.3, -0.25) is 0 Å². The molecule has 124 valence electrons. The van der Waals surface area contributed by atoms with E-state index in [0.29, 0.717) is 34.1 Å². The largest absolute Gasteiger partial charge is 0.497 e. The van der Waals surface area contributed by atoms with Gasteiger partial charge in [-0.15, -0.1) is 0 Å². The van der Waals surface area contributed by atoms with Gasteiger partial charge in [0.15, 0.2) is 23.7 Å². The summed E-state index contributed by atoms with van der Waals surface area (Å²) in [4.78, 5) is 4.22. The first-order valence-corrected chi connectivity index (χ1v) is 7.17. The van der Waals surface area contributed by atoms with Crippen molar-refractivity contribution >= 4 is 0 Å². The molecule has 0 aliphatic carbocycles. The fourth-order valence-electron chi connectivity index (χ4n) is 2.44. The molecule has 6 heteroatoms. The number of nitrogens with zero attached hydrogens (tertiary/aromatic N) is 1. The molecule has 0 N–H and O–H groups in total. The zero-order valence-electron chi connectivity index (χ0n) is 13.5. The van der Waals surface area contributed by atoms with Crippen LogP contribution >= 0.6 is 0 Å². The fraction of sp³-hybridized carbons (Fsp3) is 0.167. The Morgan fingerprint density at radius 3 is 2.38 bits per heavy atom. The molecule has 0 amide bonds. The minimum Gasteiger partial charge on any atom is -0.497 e. The maximum Gasteiger partial charge on any atom is 0.182 e. The van der Waals surface area contributed by atoms with Crippen LogP contribution < -0.4 is 14.2 Å². The molecular formula is C18H16FNO4. The van der Waals surface area contributed by atoms with Crippen molar-refractivity contribution in [2.24, 2.45) is 0 Å². The number of hydrogen-bond acceptors (Lipinski definition) is 5. The van der Waals surface area contributed by atoms with Crippen LogP contribution in [0.1, 0.15) is 0 Å². The molecule has 5 nitrogen and oxygen atoms in total. The minimum absolute atomic E-state index is 0.172. The molecule has 0 unspecified atom stereocenters. The standard InChI is InChI=1S/C18H16FNO4/c1-21-12-5-6-13(16(9-12)23-3)18-17(20-10-24-18)11-4-7-15(22-2)14(19)8-11/h4-10H,1-3H3. The number of aromatic nitrogens is 1. The summed E-state index contributed by atoms with van der Waals surface area (Å²) in [6.07, 6.45) is 1.32. The molecule has 0 aliphatic rings. The molecule has 0 aliphatic heterocycles. The Morgan fingerprint density at radius 1 is 0.917 bits per heavy atom. The van der Waals surface area contributed by atoms with Gasteiger partial charge in [0.2, 0.25) is 0 Å². The first-order chi connectivity index (χ1) is 11.7. The van der Waals surface area contributed by atoms with Crippen molar-refractivity contribution in [2.45, 2.75) is 0 Å². The summed E-state index contributed by atoms with van der Waals surface area (Å²) < 4.78 is 35.1. The highest BCUT2D eigenvalue weighted by Gasteiger charge is 2.18. The van der Waals surface area contributed by atoms with E-state index < -0.39 is 5.82 Å². The molecule has 0 atom stereocenters. The lowest BCUT2D eigenvalue weighted by atomic mass is 10.0. The summed E-state index contributed by atoms with van der Waals surface area (Å²) in [6.45, 7) is 0. The fourth-order valence-corrected chi connectivity index (χ4v) is 2.44. The lowest BCUT2D eigenvalue weighted by molar-refractivity contribution is 0.386. The maximum atomic E-state index is 14.0. The third kappa shape index (κ3) is 2.78. The van der Waals surface area contributed by atoms with Gasteiger partial charge in [0, 0.05) is 11.6 Å². The van der Waals surface area contributed by atoms with Gasteiger partial charge in [0.05, 0.1) is 26.9 Å². The summed E-state index contributed by atoms with van der Waals surface area (Å²) in [5, 5.41) is 0. The van der Waals surface area contributed by atoms with E-state index in [2.05, 4.69) is 4.98 Å². The quantitative estimate of drug-likeness (QED) is 0.703. The Morgan fingerprint density at radius 2 is 1.71 bits per heavy atom. The van der Waals surface area contributed by atoms with Crippen LogP contribution in [0.5, 0.6) is 17.2 Å². The molecule has 1 aromatic heterocycles. The van der Waals surface area contributed by atoms with Crippen LogP contribution in [0.2, 0.25) is 0 Å². The van der Waals surface area contributed by atoms with Gasteiger partial charge in [0.25, 0.3) is 0 Å². The molecular weight excluding hydrogens is 313 g/mol. The summed E-state index contributed by atoms with van der Waals surface area (Å²) in [5.74, 6) is 1.42. The third-order valence-corrected chi connectivity index (χ3v) is 3.65. The van der Waals surface area contributed by atoms with E-state index in [1.54, 1.807) is 38.5 Å². The maximum absolute atomic E-state index is 14.0. The smallest absolute Gasteiger partial charge is 0.182 e. The van der Waals surface area contributed by atoms with Gasteiger partial charge in [-0.2, -0.15) is 0 Å². The van der Waals surface area contributed by atoms with E-state index in [9.17, 15) is 4.39 Å². The number of oxazole rings is 1. The Kier molecular flexibility index (Phi) is 4.37. The number of rotatable bonds is 5. The van der Waals surface area contributed by atoms with Crippen molar-refractivity contribution in [3.05, 3.63) is 48.6 Å². The van der Waals surface area contributed by atoms with Crippen LogP contribution in [0.4, 0.5) is 4.39 Å². The van der Waals surface area contributed by atoms with Crippen molar-refractivity contribution < 1.29 is 23.0 Å². The lowest BCUT2D eigenvalue weighted by Crippen LogP contribution is -1.92. The summed E-state index contributed by atoms with van der Waals surface area (Å²) in [7, 11) is 4.55. The zero-order chi connectivity index (χ0) is 17.1. The molecule has 3 aromatic rings. The molecule has 0 fully saturated rings. The van der Waals surface area contributed by atoms with E-state index in [1.165, 1.54) is 19.6 Å². The molecule has 24 heavy (non-hydrogen) atoms. The Balaban J connectivity index is 2.10. The molecule has 1 heterocycles. The van der Waals surface area contributed by atoms with Crippen LogP contribution in [-0.4, -0.2) is 26.3 Å². The predicted octanol–water partition coefficient (Wildman–Crippen LogP) is 4.17. The Bertz CT molecular complexity index is 860. The van der Waals surface area contributed by atoms with E-state index in [1.807, 2.05) is 6.07 Å². The number of hydrogen-bond donors (Lipinski definition) is 0. The first-order valence-electron chi connectivity index (χ1n) is 7.17. The monoisotopic (exact) mass is 329 g/mol. The Hall–Kier alpha value is -3.02. The summed E-state index contributed by atoms with van der Waals surface area (Å²) in [5.41, 5.74) is 1.79. The Labute approximate surface area is 138 Å². The number of halogens is 1. The number of methoxy groups -OCH3 is 3. The van der Waals surface area contributed by atoms with Gasteiger partial charge in [0.1, 0.15) is 17.2 Å². The van der Waals surface area contributed by atoms with Crippen molar-refractivity contribution in [1.29, 1.82) is 0 Å². The topological polar surface area (TPSA) is 53.7 Å². The molecule has 0 saturated heterocycles. The highest BCUT2D eigenvalue weighted by Crippen LogP contribution is 2.39. The molecule has 0 radical (unpaired) electrons. The lowest BCUT2D eigenvalue weighted by Gasteiger charge is -2.10. The van der Waals surface area contributed by atoms with Crippen LogP contribution in [0.3, 0.4) is 0 Å². The molecule has 0 spiro atoms. The van der Waals surface area contributed by atoms with Gasteiger partial charge in [-0.05, 0) is 30.3 Å².